The Bertz CT molecular complexity index is 1220. The summed E-state index contributed by atoms with van der Waals surface area (Å²) in [5.41, 5.74) is 4.20. The quantitative estimate of drug-likeness (QED) is 0.437. The first-order valence-corrected chi connectivity index (χ1v) is 11.0. The summed E-state index contributed by atoms with van der Waals surface area (Å²) in [6, 6.07) is 15.9. The van der Waals surface area contributed by atoms with Crippen molar-refractivity contribution in [1.82, 2.24) is 14.9 Å². The molecule has 2 N–H and O–H groups in total. The molecule has 33 heavy (non-hydrogen) atoms. The molecule has 2 aromatic carbocycles. The van der Waals surface area contributed by atoms with Gasteiger partial charge in [0.2, 0.25) is 5.95 Å². The average molecular weight is 445 g/mol. The Morgan fingerprint density at radius 3 is 2.61 bits per heavy atom. The minimum atomic E-state index is -0.562. The first-order chi connectivity index (χ1) is 16.1. The summed E-state index contributed by atoms with van der Waals surface area (Å²) in [4.78, 5) is 21.4. The van der Waals surface area contributed by atoms with Crippen molar-refractivity contribution in [2.45, 2.75) is 32.2 Å². The van der Waals surface area contributed by atoms with E-state index in [9.17, 15) is 14.4 Å². The van der Waals surface area contributed by atoms with Crippen LogP contribution in [0.4, 0.5) is 10.3 Å². The molecule has 1 fully saturated rings. The third-order valence-corrected chi connectivity index (χ3v) is 5.63. The van der Waals surface area contributed by atoms with E-state index in [4.69, 9.17) is 0 Å². The number of aromatic amines is 1. The maximum atomic E-state index is 14.6. The topological polar surface area (TPSA) is 97.2 Å². The second kappa shape index (κ2) is 10.7. The molecule has 8 heteroatoms. The highest BCUT2D eigenvalue weighted by atomic mass is 19.1. The lowest BCUT2D eigenvalue weighted by molar-refractivity contribution is 0.273. The molecule has 0 bridgehead atoms. The number of rotatable bonds is 6. The monoisotopic (exact) mass is 444 g/mol. The van der Waals surface area contributed by atoms with E-state index in [0.717, 1.165) is 25.9 Å². The van der Waals surface area contributed by atoms with E-state index in [1.807, 2.05) is 18.2 Å². The van der Waals surface area contributed by atoms with E-state index >= 15 is 0 Å². The van der Waals surface area contributed by atoms with Crippen molar-refractivity contribution in [3.05, 3.63) is 81.4 Å². The summed E-state index contributed by atoms with van der Waals surface area (Å²) in [6.07, 6.45) is 6.27. The number of likely N-dealkylation sites (tertiary alicyclic amines) is 1. The zero-order valence-corrected chi connectivity index (χ0v) is 18.2. The van der Waals surface area contributed by atoms with Crippen LogP contribution in [0, 0.1) is 17.1 Å². The zero-order valence-electron chi connectivity index (χ0n) is 18.2. The molecule has 0 amide bonds. The summed E-state index contributed by atoms with van der Waals surface area (Å²) < 4.78 is 14.6. The van der Waals surface area contributed by atoms with Gasteiger partial charge in [0.25, 0.3) is 5.56 Å². The Morgan fingerprint density at radius 1 is 1.15 bits per heavy atom. The molecule has 1 aliphatic heterocycles. The lowest BCUT2D eigenvalue weighted by Gasteiger charge is -2.20. The average Bonchev–Trinajstić information content (AvgIpc) is 3.10. The van der Waals surface area contributed by atoms with Crippen LogP contribution < -0.4 is 11.0 Å². The lowest BCUT2D eigenvalue weighted by atomic mass is 10.1. The van der Waals surface area contributed by atoms with Gasteiger partial charge in [-0.2, -0.15) is 10.4 Å². The Kier molecular flexibility index (Phi) is 7.22. The summed E-state index contributed by atoms with van der Waals surface area (Å²) in [6.45, 7) is 2.63. The van der Waals surface area contributed by atoms with Gasteiger partial charge in [-0.05, 0) is 37.6 Å². The molecule has 0 unspecified atom stereocenters. The van der Waals surface area contributed by atoms with Gasteiger partial charge in [-0.3, -0.25) is 14.7 Å². The highest BCUT2D eigenvalue weighted by molar-refractivity contribution is 5.80. The summed E-state index contributed by atoms with van der Waals surface area (Å²) in [5, 5.41) is 13.4. The largest absolute Gasteiger partial charge is 0.299 e. The second-order valence-electron chi connectivity index (χ2n) is 8.03. The number of nitriles is 1. The van der Waals surface area contributed by atoms with Crippen LogP contribution in [0.2, 0.25) is 0 Å². The molecule has 0 saturated carbocycles. The fourth-order valence-electron chi connectivity index (χ4n) is 3.91. The van der Waals surface area contributed by atoms with Gasteiger partial charge in [-0.1, -0.05) is 55.3 Å². The summed E-state index contributed by atoms with van der Waals surface area (Å²) in [5.74, 6) is -0.174. The SMILES string of the molecule is N#Cc1c(-c2ccccc2)nc(NN=Cc2ccc(CN3CCCCCC3)c(F)c2)[nH]c1=O. The number of aromatic nitrogens is 2. The number of hydrogen-bond acceptors (Lipinski definition) is 6. The summed E-state index contributed by atoms with van der Waals surface area (Å²) in [7, 11) is 0. The maximum Gasteiger partial charge on any atom is 0.270 e. The number of nitrogens with zero attached hydrogens (tertiary/aromatic N) is 4. The van der Waals surface area contributed by atoms with Crippen LogP contribution in [0.5, 0.6) is 0 Å². The van der Waals surface area contributed by atoms with Gasteiger partial charge in [-0.15, -0.1) is 0 Å². The fourth-order valence-corrected chi connectivity index (χ4v) is 3.91. The van der Waals surface area contributed by atoms with E-state index in [1.54, 1.807) is 30.3 Å². The number of hydrazone groups is 1. The van der Waals surface area contributed by atoms with E-state index in [-0.39, 0.29) is 23.0 Å². The van der Waals surface area contributed by atoms with E-state index in [1.165, 1.54) is 25.1 Å². The Labute approximate surface area is 191 Å². The minimum absolute atomic E-state index is 0.0715. The zero-order chi connectivity index (χ0) is 23.0. The van der Waals surface area contributed by atoms with Crippen LogP contribution in [-0.2, 0) is 6.54 Å². The van der Waals surface area contributed by atoms with Crippen molar-refractivity contribution in [1.29, 1.82) is 5.26 Å². The van der Waals surface area contributed by atoms with Crippen LogP contribution in [0.3, 0.4) is 0 Å². The van der Waals surface area contributed by atoms with E-state index in [2.05, 4.69) is 25.4 Å². The van der Waals surface area contributed by atoms with Crippen LogP contribution in [0.15, 0.2) is 58.4 Å². The predicted octanol–water partition coefficient (Wildman–Crippen LogP) is 4.27. The first kappa shape index (κ1) is 22.4. The minimum Gasteiger partial charge on any atom is -0.299 e. The molecule has 0 radical (unpaired) electrons. The van der Waals surface area contributed by atoms with Crippen molar-refractivity contribution < 1.29 is 4.39 Å². The molecule has 4 rings (SSSR count). The van der Waals surface area contributed by atoms with Gasteiger partial charge in [0, 0.05) is 17.7 Å². The number of nitrogens with one attached hydrogen (secondary N) is 2. The molecule has 0 aliphatic carbocycles. The molecule has 7 nitrogen and oxygen atoms in total. The molecule has 1 aromatic heterocycles. The predicted molar refractivity (Wildman–Crippen MR) is 126 cm³/mol. The van der Waals surface area contributed by atoms with Gasteiger partial charge in [0.05, 0.1) is 11.9 Å². The van der Waals surface area contributed by atoms with Crippen molar-refractivity contribution in [3.63, 3.8) is 0 Å². The van der Waals surface area contributed by atoms with Gasteiger partial charge in [0.15, 0.2) is 0 Å². The van der Waals surface area contributed by atoms with Crippen LogP contribution in [0.1, 0.15) is 42.4 Å². The lowest BCUT2D eigenvalue weighted by Crippen LogP contribution is -2.24. The van der Waals surface area contributed by atoms with Crippen molar-refractivity contribution in [2.75, 3.05) is 18.5 Å². The molecule has 3 aromatic rings. The standard InChI is InChI=1S/C25H25FN6O/c26-22-14-18(10-11-20(22)17-32-12-6-1-2-7-13-32)16-28-31-25-29-23(19-8-4-3-5-9-19)21(15-27)24(33)30-25/h3-5,8-11,14,16H,1-2,6-7,12-13,17H2,(H2,29,30,31,33). The Balaban J connectivity index is 1.47. The number of hydrogen-bond donors (Lipinski definition) is 2. The Hall–Kier alpha value is -3.83. The molecule has 2 heterocycles. The van der Waals surface area contributed by atoms with Gasteiger partial charge in [0.1, 0.15) is 17.4 Å². The van der Waals surface area contributed by atoms with Gasteiger partial charge < -0.3 is 0 Å². The third-order valence-electron chi connectivity index (χ3n) is 5.63. The Morgan fingerprint density at radius 2 is 1.91 bits per heavy atom. The van der Waals surface area contributed by atoms with E-state index in [0.29, 0.717) is 23.2 Å². The number of H-pyrrole nitrogens is 1. The van der Waals surface area contributed by atoms with Gasteiger partial charge in [-0.25, -0.2) is 14.8 Å². The molecule has 1 saturated heterocycles. The third kappa shape index (κ3) is 5.70. The normalized spacial score (nSPS) is 14.7. The molecule has 168 valence electrons. The fraction of sp³-hybridized carbons (Fsp3) is 0.280. The number of halogens is 1. The molecule has 0 atom stereocenters. The second-order valence-corrected chi connectivity index (χ2v) is 8.03. The number of anilines is 1. The molecular formula is C25H25FN6O. The number of benzene rings is 2. The summed E-state index contributed by atoms with van der Waals surface area (Å²) >= 11 is 0. The van der Waals surface area contributed by atoms with Gasteiger partial charge >= 0.3 is 0 Å². The molecule has 0 spiro atoms. The molecule has 1 aliphatic rings. The highest BCUT2D eigenvalue weighted by Crippen LogP contribution is 2.20. The van der Waals surface area contributed by atoms with Crippen molar-refractivity contribution in [3.8, 4) is 17.3 Å². The van der Waals surface area contributed by atoms with Crippen LogP contribution in [0.25, 0.3) is 11.3 Å². The first-order valence-electron chi connectivity index (χ1n) is 11.0. The van der Waals surface area contributed by atoms with E-state index < -0.39 is 5.56 Å². The molecular weight excluding hydrogens is 419 g/mol. The smallest absolute Gasteiger partial charge is 0.270 e. The van der Waals surface area contributed by atoms with Crippen molar-refractivity contribution >= 4 is 12.2 Å². The maximum absolute atomic E-state index is 14.6. The van der Waals surface area contributed by atoms with Crippen molar-refractivity contribution in [2.24, 2.45) is 5.10 Å². The van der Waals surface area contributed by atoms with Crippen LogP contribution in [-0.4, -0.2) is 34.2 Å². The highest BCUT2D eigenvalue weighted by Gasteiger charge is 2.14. The van der Waals surface area contributed by atoms with Crippen LogP contribution >= 0.6 is 0 Å².